The number of hydrogen-bond acceptors (Lipinski definition) is 5. The molecule has 0 radical (unpaired) electrons. The summed E-state index contributed by atoms with van der Waals surface area (Å²) in [5.41, 5.74) is 0. The molecule has 0 heterocycles. The zero-order chi connectivity index (χ0) is 52.2. The Morgan fingerprint density at radius 1 is 0.375 bits per heavy atom. The van der Waals surface area contributed by atoms with E-state index in [2.05, 4.69) is 31.3 Å². The maximum absolute atomic E-state index is 12.5. The van der Waals surface area contributed by atoms with Gasteiger partial charge in [-0.1, -0.05) is 314 Å². The second-order valence-corrected chi connectivity index (χ2v) is 22.5. The minimum absolute atomic E-state index is 0.00930. The minimum atomic E-state index is -0.842. The molecule has 426 valence electrons. The highest BCUT2D eigenvalue weighted by atomic mass is 16.5. The van der Waals surface area contributed by atoms with Gasteiger partial charge in [0, 0.05) is 12.8 Å². The number of amides is 1. The van der Waals surface area contributed by atoms with Crippen LogP contribution in [0.25, 0.3) is 0 Å². The van der Waals surface area contributed by atoms with E-state index in [1.807, 2.05) is 6.08 Å². The van der Waals surface area contributed by atoms with E-state index in [0.717, 1.165) is 44.9 Å². The second-order valence-electron chi connectivity index (χ2n) is 22.5. The zero-order valence-corrected chi connectivity index (χ0v) is 48.7. The largest absolute Gasteiger partial charge is 0.466 e. The van der Waals surface area contributed by atoms with Crippen molar-refractivity contribution in [3.63, 3.8) is 0 Å². The van der Waals surface area contributed by atoms with Crippen LogP contribution in [-0.4, -0.2) is 47.4 Å². The van der Waals surface area contributed by atoms with Crippen molar-refractivity contribution in [2.75, 3.05) is 13.2 Å². The highest BCUT2D eigenvalue weighted by Gasteiger charge is 2.18. The monoisotopic (exact) mass is 1010 g/mol. The van der Waals surface area contributed by atoms with Crippen molar-refractivity contribution in [2.45, 2.75) is 373 Å². The van der Waals surface area contributed by atoms with Gasteiger partial charge < -0.3 is 20.3 Å². The fraction of sp³-hybridized carbons (Fsp3) is 0.909. The third-order valence-corrected chi connectivity index (χ3v) is 15.2. The van der Waals surface area contributed by atoms with Crippen LogP contribution in [-0.2, 0) is 14.3 Å². The standard InChI is InChI=1S/C66H127NO5/c1-3-5-7-9-11-13-15-17-31-36-40-44-48-52-56-60-66(71)72-61-57-53-49-45-41-37-33-30-28-26-24-22-20-19-21-23-25-27-29-32-35-39-43-47-51-55-59-65(70)67-63(62-68)64(69)58-54-50-46-42-38-34-18-16-14-12-10-8-6-4-2/h17,31,54,58,63-64,68-69H,3-16,18-30,32-53,55-57,59-62H2,1-2H3,(H,67,70)/b31-17-,58-54+. The first-order chi connectivity index (χ1) is 35.5. The summed E-state index contributed by atoms with van der Waals surface area (Å²) in [6, 6.07) is -0.625. The molecule has 6 nitrogen and oxygen atoms in total. The minimum Gasteiger partial charge on any atom is -0.466 e. The number of esters is 1. The van der Waals surface area contributed by atoms with Gasteiger partial charge in [-0.15, -0.1) is 0 Å². The lowest BCUT2D eigenvalue weighted by Crippen LogP contribution is -2.45. The molecule has 0 saturated heterocycles. The maximum Gasteiger partial charge on any atom is 0.305 e. The van der Waals surface area contributed by atoms with Crippen molar-refractivity contribution in [1.29, 1.82) is 0 Å². The van der Waals surface area contributed by atoms with E-state index in [4.69, 9.17) is 4.74 Å². The summed E-state index contributed by atoms with van der Waals surface area (Å²) in [4.78, 5) is 24.5. The summed E-state index contributed by atoms with van der Waals surface area (Å²) in [7, 11) is 0. The Kier molecular flexibility index (Phi) is 60.5. The highest BCUT2D eigenvalue weighted by molar-refractivity contribution is 5.76. The van der Waals surface area contributed by atoms with E-state index in [9.17, 15) is 19.8 Å². The molecular weight excluding hydrogens is 887 g/mol. The van der Waals surface area contributed by atoms with Gasteiger partial charge in [-0.2, -0.15) is 0 Å². The van der Waals surface area contributed by atoms with Gasteiger partial charge in [0.1, 0.15) is 0 Å². The van der Waals surface area contributed by atoms with Crippen molar-refractivity contribution in [3.05, 3.63) is 24.3 Å². The molecule has 0 bridgehead atoms. The van der Waals surface area contributed by atoms with Gasteiger partial charge in [0.2, 0.25) is 5.91 Å². The lowest BCUT2D eigenvalue weighted by atomic mass is 10.0. The van der Waals surface area contributed by atoms with Gasteiger partial charge in [0.05, 0.1) is 25.4 Å². The predicted octanol–water partition coefficient (Wildman–Crippen LogP) is 20.6. The van der Waals surface area contributed by atoms with E-state index in [1.165, 1.54) is 289 Å². The Morgan fingerprint density at radius 3 is 0.986 bits per heavy atom. The number of ether oxygens (including phenoxy) is 1. The first kappa shape index (κ1) is 70.3. The van der Waals surface area contributed by atoms with Gasteiger partial charge in [0.15, 0.2) is 0 Å². The van der Waals surface area contributed by atoms with E-state index >= 15 is 0 Å². The molecule has 0 spiro atoms. The van der Waals surface area contributed by atoms with Crippen molar-refractivity contribution >= 4 is 11.9 Å². The topological polar surface area (TPSA) is 95.9 Å². The summed E-state index contributed by atoms with van der Waals surface area (Å²) in [6.45, 7) is 4.92. The van der Waals surface area contributed by atoms with E-state index < -0.39 is 12.1 Å². The number of carbonyl (C=O) groups excluding carboxylic acids is 2. The number of aliphatic hydroxyl groups is 2. The average molecular weight is 1010 g/mol. The molecule has 2 unspecified atom stereocenters. The molecule has 0 aliphatic heterocycles. The number of nitrogens with one attached hydrogen (secondary N) is 1. The molecule has 1 amide bonds. The van der Waals surface area contributed by atoms with Crippen LogP contribution in [0.3, 0.4) is 0 Å². The van der Waals surface area contributed by atoms with Gasteiger partial charge in [-0.25, -0.2) is 0 Å². The van der Waals surface area contributed by atoms with Crippen LogP contribution >= 0.6 is 0 Å². The number of unbranched alkanes of at least 4 members (excludes halogenated alkanes) is 48. The molecular formula is C66H127NO5. The number of carbonyl (C=O) groups is 2. The van der Waals surface area contributed by atoms with Crippen LogP contribution in [0.2, 0.25) is 0 Å². The third kappa shape index (κ3) is 57.6. The van der Waals surface area contributed by atoms with Crippen LogP contribution in [0.5, 0.6) is 0 Å². The quantitative estimate of drug-likeness (QED) is 0.0320. The Labute approximate surface area is 450 Å². The average Bonchev–Trinajstić information content (AvgIpc) is 3.38. The lowest BCUT2D eigenvalue weighted by molar-refractivity contribution is -0.143. The highest BCUT2D eigenvalue weighted by Crippen LogP contribution is 2.18. The summed E-state index contributed by atoms with van der Waals surface area (Å²) in [5.74, 6) is -0.0549. The summed E-state index contributed by atoms with van der Waals surface area (Å²) in [5, 5.41) is 23.1. The Balaban J connectivity index is 3.36. The van der Waals surface area contributed by atoms with Crippen LogP contribution in [0.4, 0.5) is 0 Å². The van der Waals surface area contributed by atoms with Crippen LogP contribution < -0.4 is 5.32 Å². The van der Waals surface area contributed by atoms with Gasteiger partial charge >= 0.3 is 5.97 Å². The smallest absolute Gasteiger partial charge is 0.305 e. The molecule has 0 aliphatic rings. The fourth-order valence-electron chi connectivity index (χ4n) is 10.2. The molecule has 2 atom stereocenters. The van der Waals surface area contributed by atoms with E-state index in [0.29, 0.717) is 19.4 Å². The van der Waals surface area contributed by atoms with Crippen molar-refractivity contribution in [2.24, 2.45) is 0 Å². The molecule has 0 fully saturated rings. The van der Waals surface area contributed by atoms with E-state index in [-0.39, 0.29) is 18.5 Å². The maximum atomic E-state index is 12.5. The molecule has 0 rings (SSSR count). The molecule has 0 aliphatic carbocycles. The van der Waals surface area contributed by atoms with Crippen molar-refractivity contribution in [3.8, 4) is 0 Å². The Morgan fingerprint density at radius 2 is 0.653 bits per heavy atom. The molecule has 3 N–H and O–H groups in total. The predicted molar refractivity (Wildman–Crippen MR) is 315 cm³/mol. The van der Waals surface area contributed by atoms with Gasteiger partial charge in [-0.05, 0) is 57.8 Å². The van der Waals surface area contributed by atoms with Crippen LogP contribution in [0, 0.1) is 0 Å². The van der Waals surface area contributed by atoms with Crippen LogP contribution in [0.1, 0.15) is 361 Å². The van der Waals surface area contributed by atoms with Crippen molar-refractivity contribution in [1.82, 2.24) is 5.32 Å². The number of allylic oxidation sites excluding steroid dienone is 3. The molecule has 6 heteroatoms. The molecule has 0 aromatic carbocycles. The second kappa shape index (κ2) is 61.9. The summed E-state index contributed by atoms with van der Waals surface area (Å²) >= 11 is 0. The molecule has 0 saturated carbocycles. The number of hydrogen-bond donors (Lipinski definition) is 3. The molecule has 0 aromatic rings. The van der Waals surface area contributed by atoms with Gasteiger partial charge in [-0.3, -0.25) is 9.59 Å². The number of rotatable bonds is 61. The zero-order valence-electron chi connectivity index (χ0n) is 48.7. The molecule has 0 aromatic heterocycles. The summed E-state index contributed by atoms with van der Waals surface area (Å²) in [6.07, 6.45) is 76.6. The summed E-state index contributed by atoms with van der Waals surface area (Å²) < 4.78 is 5.49. The Hall–Kier alpha value is -1.66. The lowest BCUT2D eigenvalue weighted by Gasteiger charge is -2.20. The fourth-order valence-corrected chi connectivity index (χ4v) is 10.2. The molecule has 72 heavy (non-hydrogen) atoms. The van der Waals surface area contributed by atoms with E-state index in [1.54, 1.807) is 6.08 Å². The first-order valence-electron chi connectivity index (χ1n) is 32.6. The third-order valence-electron chi connectivity index (χ3n) is 15.2. The Bertz CT molecular complexity index is 1120. The number of aliphatic hydroxyl groups excluding tert-OH is 2. The van der Waals surface area contributed by atoms with Crippen LogP contribution in [0.15, 0.2) is 24.3 Å². The first-order valence-corrected chi connectivity index (χ1v) is 32.6. The van der Waals surface area contributed by atoms with Crippen molar-refractivity contribution < 1.29 is 24.5 Å². The SMILES string of the molecule is CCCCCCCC/C=C\CCCCCCCC(=O)OCCCCCCCCCCCCCCCCCCCCCCCCCCCCC(=O)NC(CO)C(O)/C=C/CCCCCCCCCCCCCC. The normalized spacial score (nSPS) is 12.7. The van der Waals surface area contributed by atoms with Gasteiger partial charge in [0.25, 0.3) is 0 Å².